The number of carbonyl (C=O) groups excluding carboxylic acids is 1. The molecule has 1 fully saturated rings. The van der Waals surface area contributed by atoms with Crippen LogP contribution in [0.2, 0.25) is 0 Å². The molecule has 20 heavy (non-hydrogen) atoms. The lowest BCUT2D eigenvalue weighted by molar-refractivity contribution is -0.122. The molecule has 1 heterocycles. The number of aliphatic hydroxyl groups is 1. The molecule has 3 atom stereocenters. The maximum Gasteiger partial charge on any atom is 0.222 e. The highest BCUT2D eigenvalue weighted by atomic mass is 16.3. The standard InChI is InChI=1S/C16H24N2O2/c1-3-15(19)12-6-8-14(9-7-12)18-10-13(16(17)20)5-4-11(18)2/h6-9,11,13,15,19H,3-5,10H2,1-2H3,(H2,17,20). The lowest BCUT2D eigenvalue weighted by atomic mass is 9.92. The maximum atomic E-state index is 11.4. The van der Waals surface area contributed by atoms with E-state index in [2.05, 4.69) is 11.8 Å². The van der Waals surface area contributed by atoms with Gasteiger partial charge in [0.15, 0.2) is 0 Å². The Morgan fingerprint density at radius 1 is 1.40 bits per heavy atom. The number of hydrogen-bond donors (Lipinski definition) is 2. The van der Waals surface area contributed by atoms with E-state index in [1.807, 2.05) is 31.2 Å². The number of amides is 1. The van der Waals surface area contributed by atoms with Gasteiger partial charge in [0.1, 0.15) is 0 Å². The van der Waals surface area contributed by atoms with Crippen molar-refractivity contribution in [1.82, 2.24) is 0 Å². The molecular weight excluding hydrogens is 252 g/mol. The van der Waals surface area contributed by atoms with Crippen LogP contribution in [0, 0.1) is 5.92 Å². The van der Waals surface area contributed by atoms with Gasteiger partial charge in [-0.25, -0.2) is 0 Å². The van der Waals surface area contributed by atoms with Crippen LogP contribution >= 0.6 is 0 Å². The zero-order valence-electron chi connectivity index (χ0n) is 12.2. The first-order valence-electron chi connectivity index (χ1n) is 7.37. The predicted molar refractivity (Wildman–Crippen MR) is 80.4 cm³/mol. The van der Waals surface area contributed by atoms with E-state index in [-0.39, 0.29) is 11.8 Å². The van der Waals surface area contributed by atoms with Gasteiger partial charge in [0, 0.05) is 18.3 Å². The SMILES string of the molecule is CCC(O)c1ccc(N2CC(C(N)=O)CCC2C)cc1. The Morgan fingerprint density at radius 3 is 2.60 bits per heavy atom. The van der Waals surface area contributed by atoms with Crippen LogP contribution in [-0.4, -0.2) is 23.6 Å². The third kappa shape index (κ3) is 3.12. The summed E-state index contributed by atoms with van der Waals surface area (Å²) in [6, 6.07) is 8.38. The molecule has 1 amide bonds. The maximum absolute atomic E-state index is 11.4. The van der Waals surface area contributed by atoms with Crippen molar-refractivity contribution in [1.29, 1.82) is 0 Å². The second-order valence-electron chi connectivity index (χ2n) is 5.69. The number of anilines is 1. The van der Waals surface area contributed by atoms with Crippen LogP contribution in [0.3, 0.4) is 0 Å². The predicted octanol–water partition coefficient (Wildman–Crippen LogP) is 2.22. The van der Waals surface area contributed by atoms with Gasteiger partial charge in [-0.3, -0.25) is 4.79 Å². The first kappa shape index (κ1) is 14.9. The monoisotopic (exact) mass is 276 g/mol. The zero-order valence-corrected chi connectivity index (χ0v) is 12.2. The minimum atomic E-state index is -0.402. The summed E-state index contributed by atoms with van der Waals surface area (Å²) < 4.78 is 0. The summed E-state index contributed by atoms with van der Waals surface area (Å²) in [7, 11) is 0. The molecule has 0 aliphatic carbocycles. The second-order valence-corrected chi connectivity index (χ2v) is 5.69. The molecule has 1 aliphatic heterocycles. The Bertz CT molecular complexity index is 458. The van der Waals surface area contributed by atoms with Gasteiger partial charge in [-0.2, -0.15) is 0 Å². The normalized spacial score (nSPS) is 24.4. The Kier molecular flexibility index (Phi) is 4.65. The summed E-state index contributed by atoms with van der Waals surface area (Å²) in [5, 5.41) is 9.82. The third-order valence-corrected chi connectivity index (χ3v) is 4.28. The lowest BCUT2D eigenvalue weighted by Gasteiger charge is -2.38. The van der Waals surface area contributed by atoms with Gasteiger partial charge in [-0.05, 0) is 43.9 Å². The molecule has 4 nitrogen and oxygen atoms in total. The van der Waals surface area contributed by atoms with E-state index in [0.29, 0.717) is 19.0 Å². The number of benzene rings is 1. The molecule has 3 unspecified atom stereocenters. The Morgan fingerprint density at radius 2 is 2.05 bits per heavy atom. The van der Waals surface area contributed by atoms with Crippen LogP contribution in [0.1, 0.15) is 44.8 Å². The van der Waals surface area contributed by atoms with Crippen molar-refractivity contribution >= 4 is 11.6 Å². The van der Waals surface area contributed by atoms with E-state index in [4.69, 9.17) is 5.73 Å². The molecule has 1 aliphatic rings. The Balaban J connectivity index is 2.14. The first-order chi connectivity index (χ1) is 9.52. The lowest BCUT2D eigenvalue weighted by Crippen LogP contribution is -2.45. The van der Waals surface area contributed by atoms with Gasteiger partial charge >= 0.3 is 0 Å². The number of nitrogens with zero attached hydrogens (tertiary/aromatic N) is 1. The molecule has 0 radical (unpaired) electrons. The van der Waals surface area contributed by atoms with Gasteiger partial charge in [0.25, 0.3) is 0 Å². The molecule has 0 saturated carbocycles. The highest BCUT2D eigenvalue weighted by molar-refractivity contribution is 5.77. The molecule has 2 rings (SSSR count). The average Bonchev–Trinajstić information content (AvgIpc) is 2.47. The van der Waals surface area contributed by atoms with Crippen molar-refractivity contribution < 1.29 is 9.90 Å². The van der Waals surface area contributed by atoms with E-state index >= 15 is 0 Å². The van der Waals surface area contributed by atoms with Crippen molar-refractivity contribution in [2.45, 2.75) is 45.3 Å². The van der Waals surface area contributed by atoms with Gasteiger partial charge in [-0.1, -0.05) is 19.1 Å². The number of carbonyl (C=O) groups is 1. The van der Waals surface area contributed by atoms with Gasteiger partial charge in [-0.15, -0.1) is 0 Å². The first-order valence-corrected chi connectivity index (χ1v) is 7.37. The topological polar surface area (TPSA) is 66.6 Å². The smallest absolute Gasteiger partial charge is 0.222 e. The summed E-state index contributed by atoms with van der Waals surface area (Å²) >= 11 is 0. The van der Waals surface area contributed by atoms with E-state index in [9.17, 15) is 9.90 Å². The van der Waals surface area contributed by atoms with Crippen LogP contribution in [0.15, 0.2) is 24.3 Å². The van der Waals surface area contributed by atoms with Crippen LogP contribution in [-0.2, 0) is 4.79 Å². The van der Waals surface area contributed by atoms with E-state index in [1.54, 1.807) is 0 Å². The average molecular weight is 276 g/mol. The minimum absolute atomic E-state index is 0.0629. The van der Waals surface area contributed by atoms with Gasteiger partial charge in [0.05, 0.1) is 12.0 Å². The quantitative estimate of drug-likeness (QED) is 0.886. The van der Waals surface area contributed by atoms with Crippen molar-refractivity contribution in [3.05, 3.63) is 29.8 Å². The number of piperidine rings is 1. The summed E-state index contributed by atoms with van der Waals surface area (Å²) in [5.41, 5.74) is 7.47. The summed E-state index contributed by atoms with van der Waals surface area (Å²) in [5.74, 6) is -0.271. The summed E-state index contributed by atoms with van der Waals surface area (Å²) in [4.78, 5) is 13.6. The molecule has 4 heteroatoms. The Labute approximate surface area is 120 Å². The van der Waals surface area contributed by atoms with Crippen molar-refractivity contribution in [2.75, 3.05) is 11.4 Å². The van der Waals surface area contributed by atoms with Crippen LogP contribution in [0.5, 0.6) is 0 Å². The van der Waals surface area contributed by atoms with Crippen molar-refractivity contribution in [2.24, 2.45) is 11.7 Å². The molecule has 1 saturated heterocycles. The van der Waals surface area contributed by atoms with Gasteiger partial charge in [0.2, 0.25) is 5.91 Å². The fourth-order valence-electron chi connectivity index (χ4n) is 2.82. The molecule has 3 N–H and O–H groups in total. The fourth-order valence-corrected chi connectivity index (χ4v) is 2.82. The number of primary amides is 1. The molecule has 1 aromatic rings. The van der Waals surface area contributed by atoms with Crippen molar-refractivity contribution in [3.63, 3.8) is 0 Å². The second kappa shape index (κ2) is 6.27. The van der Waals surface area contributed by atoms with E-state index in [0.717, 1.165) is 24.1 Å². The van der Waals surface area contributed by atoms with Crippen LogP contribution in [0.4, 0.5) is 5.69 Å². The molecule has 0 spiro atoms. The summed E-state index contributed by atoms with van der Waals surface area (Å²) in [6.07, 6.45) is 2.16. The molecule has 110 valence electrons. The number of rotatable bonds is 4. The third-order valence-electron chi connectivity index (χ3n) is 4.28. The zero-order chi connectivity index (χ0) is 14.7. The van der Waals surface area contributed by atoms with Crippen LogP contribution < -0.4 is 10.6 Å². The number of hydrogen-bond acceptors (Lipinski definition) is 3. The number of nitrogens with two attached hydrogens (primary N) is 1. The molecule has 0 bridgehead atoms. The Hall–Kier alpha value is -1.55. The highest BCUT2D eigenvalue weighted by Crippen LogP contribution is 2.29. The largest absolute Gasteiger partial charge is 0.388 e. The van der Waals surface area contributed by atoms with Crippen molar-refractivity contribution in [3.8, 4) is 0 Å². The van der Waals surface area contributed by atoms with E-state index < -0.39 is 6.10 Å². The summed E-state index contributed by atoms with van der Waals surface area (Å²) in [6.45, 7) is 4.82. The van der Waals surface area contributed by atoms with E-state index in [1.165, 1.54) is 0 Å². The fraction of sp³-hybridized carbons (Fsp3) is 0.562. The highest BCUT2D eigenvalue weighted by Gasteiger charge is 2.28. The number of aliphatic hydroxyl groups excluding tert-OH is 1. The molecule has 0 aromatic heterocycles. The molecular formula is C16H24N2O2. The molecule has 1 aromatic carbocycles. The van der Waals surface area contributed by atoms with Crippen LogP contribution in [0.25, 0.3) is 0 Å². The minimum Gasteiger partial charge on any atom is -0.388 e. The van der Waals surface area contributed by atoms with Gasteiger partial charge < -0.3 is 15.7 Å².